The zero-order valence-electron chi connectivity index (χ0n) is 17.2. The molecule has 8 heteroatoms. The zero-order valence-corrected chi connectivity index (χ0v) is 17.2. The van der Waals surface area contributed by atoms with Crippen LogP contribution in [0.25, 0.3) is 0 Å². The first-order valence-electron chi connectivity index (χ1n) is 9.85. The van der Waals surface area contributed by atoms with Crippen molar-refractivity contribution >= 4 is 17.3 Å². The van der Waals surface area contributed by atoms with Crippen LogP contribution in [0.2, 0.25) is 0 Å². The summed E-state index contributed by atoms with van der Waals surface area (Å²) < 4.78 is 16.0. The predicted octanol–water partition coefficient (Wildman–Crippen LogP) is 4.01. The molecule has 0 fully saturated rings. The molecule has 0 bridgehead atoms. The summed E-state index contributed by atoms with van der Waals surface area (Å²) in [7, 11) is 1.67. The fraction of sp³-hybridized carbons (Fsp3) is 0.261. The molecule has 0 unspecified atom stereocenters. The number of nitro groups is 1. The molecule has 0 aliphatic carbocycles. The molecule has 2 aromatic carbocycles. The average molecular weight is 424 g/mol. The lowest BCUT2D eigenvalue weighted by molar-refractivity contribution is -0.384. The highest BCUT2D eigenvalue weighted by atomic mass is 16.6. The normalized spacial score (nSPS) is 12.9. The molecule has 0 saturated heterocycles. The number of benzene rings is 2. The van der Waals surface area contributed by atoms with Gasteiger partial charge in [0.15, 0.2) is 0 Å². The summed E-state index contributed by atoms with van der Waals surface area (Å²) in [5, 5.41) is 11.0. The third-order valence-corrected chi connectivity index (χ3v) is 4.60. The van der Waals surface area contributed by atoms with Gasteiger partial charge in [-0.25, -0.2) is 4.79 Å². The van der Waals surface area contributed by atoms with E-state index >= 15 is 0 Å². The molecule has 1 heterocycles. The Bertz CT molecular complexity index is 968. The van der Waals surface area contributed by atoms with Crippen molar-refractivity contribution in [1.29, 1.82) is 0 Å². The Morgan fingerprint density at radius 1 is 1.13 bits per heavy atom. The van der Waals surface area contributed by atoms with Crippen LogP contribution in [0.3, 0.4) is 0 Å². The SMILES string of the molecule is COCCc1ccc(OCCOC(=O)C2=CN(c3cccc([N+](=O)[O-])c3)C=CC2)cc1. The van der Waals surface area contributed by atoms with Crippen molar-refractivity contribution in [1.82, 2.24) is 0 Å². The lowest BCUT2D eigenvalue weighted by Crippen LogP contribution is -2.19. The highest BCUT2D eigenvalue weighted by Gasteiger charge is 2.17. The van der Waals surface area contributed by atoms with Gasteiger partial charge in [0.25, 0.3) is 5.69 Å². The molecule has 3 rings (SSSR count). The van der Waals surface area contributed by atoms with Crippen molar-refractivity contribution in [3.63, 3.8) is 0 Å². The molecule has 0 aromatic heterocycles. The van der Waals surface area contributed by atoms with Crippen LogP contribution in [0, 0.1) is 10.1 Å². The minimum Gasteiger partial charge on any atom is -0.490 e. The van der Waals surface area contributed by atoms with E-state index in [9.17, 15) is 14.9 Å². The van der Waals surface area contributed by atoms with E-state index in [0.717, 1.165) is 12.0 Å². The molecule has 8 nitrogen and oxygen atoms in total. The maximum atomic E-state index is 12.4. The Balaban J connectivity index is 1.49. The number of hydrogen-bond acceptors (Lipinski definition) is 7. The number of rotatable bonds is 10. The highest BCUT2D eigenvalue weighted by Crippen LogP contribution is 2.25. The summed E-state index contributed by atoms with van der Waals surface area (Å²) in [5.41, 5.74) is 2.19. The minimum absolute atomic E-state index is 0.0159. The summed E-state index contributed by atoms with van der Waals surface area (Å²) in [6.07, 6.45) is 6.45. The van der Waals surface area contributed by atoms with Crippen molar-refractivity contribution in [2.75, 3.05) is 31.8 Å². The Kier molecular flexibility index (Phi) is 7.78. The van der Waals surface area contributed by atoms with Gasteiger partial charge in [-0.05, 0) is 30.2 Å². The van der Waals surface area contributed by atoms with Gasteiger partial charge in [0.05, 0.1) is 22.8 Å². The van der Waals surface area contributed by atoms with Crippen LogP contribution in [0.1, 0.15) is 12.0 Å². The van der Waals surface area contributed by atoms with Gasteiger partial charge < -0.3 is 19.1 Å². The maximum absolute atomic E-state index is 12.4. The van der Waals surface area contributed by atoms with Crippen molar-refractivity contribution in [2.24, 2.45) is 0 Å². The van der Waals surface area contributed by atoms with E-state index in [-0.39, 0.29) is 18.9 Å². The van der Waals surface area contributed by atoms with E-state index in [0.29, 0.717) is 30.0 Å². The molecule has 0 amide bonds. The van der Waals surface area contributed by atoms with Gasteiger partial charge in [-0.15, -0.1) is 0 Å². The largest absolute Gasteiger partial charge is 0.490 e. The number of anilines is 1. The fourth-order valence-electron chi connectivity index (χ4n) is 2.98. The lowest BCUT2D eigenvalue weighted by atomic mass is 10.1. The number of carbonyl (C=O) groups is 1. The summed E-state index contributed by atoms with van der Waals surface area (Å²) in [4.78, 5) is 24.6. The van der Waals surface area contributed by atoms with Crippen LogP contribution in [0.15, 0.2) is 72.6 Å². The van der Waals surface area contributed by atoms with E-state index in [1.54, 1.807) is 42.6 Å². The standard InChI is InChI=1S/C23H24N2O6/c1-29-13-11-18-7-9-22(10-8-18)30-14-15-31-23(26)19-4-3-12-24(17-19)20-5-2-6-21(16-20)25(27)28/h2-3,5-10,12,16-17H,4,11,13-15H2,1H3. The highest BCUT2D eigenvalue weighted by molar-refractivity contribution is 5.90. The van der Waals surface area contributed by atoms with E-state index in [1.807, 2.05) is 24.3 Å². The molecule has 31 heavy (non-hydrogen) atoms. The number of nitrogens with zero attached hydrogens (tertiary/aromatic N) is 2. The Morgan fingerprint density at radius 3 is 2.68 bits per heavy atom. The first-order valence-corrected chi connectivity index (χ1v) is 9.85. The summed E-state index contributed by atoms with van der Waals surface area (Å²) in [5.74, 6) is 0.257. The monoisotopic (exact) mass is 424 g/mol. The van der Waals surface area contributed by atoms with Gasteiger partial charge in [-0.1, -0.05) is 24.3 Å². The van der Waals surface area contributed by atoms with Crippen LogP contribution in [0.4, 0.5) is 11.4 Å². The van der Waals surface area contributed by atoms with E-state index in [2.05, 4.69) is 0 Å². The first-order chi connectivity index (χ1) is 15.1. The van der Waals surface area contributed by atoms with Crippen LogP contribution < -0.4 is 9.64 Å². The molecule has 1 aliphatic heterocycles. The molecule has 0 spiro atoms. The molecule has 0 saturated carbocycles. The predicted molar refractivity (Wildman–Crippen MR) is 116 cm³/mol. The van der Waals surface area contributed by atoms with Gasteiger partial charge in [0.2, 0.25) is 0 Å². The van der Waals surface area contributed by atoms with Gasteiger partial charge in [0, 0.05) is 38.1 Å². The van der Waals surface area contributed by atoms with Gasteiger partial charge in [0.1, 0.15) is 19.0 Å². The number of nitro benzene ring substituents is 1. The van der Waals surface area contributed by atoms with E-state index in [1.165, 1.54) is 12.1 Å². The summed E-state index contributed by atoms with van der Waals surface area (Å²) >= 11 is 0. The second kappa shape index (κ2) is 10.9. The van der Waals surface area contributed by atoms with Crippen molar-refractivity contribution in [3.8, 4) is 5.75 Å². The van der Waals surface area contributed by atoms with Crippen molar-refractivity contribution in [3.05, 3.63) is 88.3 Å². The number of ether oxygens (including phenoxy) is 3. The lowest BCUT2D eigenvalue weighted by Gasteiger charge is -2.21. The smallest absolute Gasteiger partial charge is 0.335 e. The van der Waals surface area contributed by atoms with Crippen LogP contribution in [-0.4, -0.2) is 37.8 Å². The molecule has 0 atom stereocenters. The number of allylic oxidation sites excluding steroid dienone is 1. The van der Waals surface area contributed by atoms with Gasteiger partial charge >= 0.3 is 5.97 Å². The topological polar surface area (TPSA) is 91.1 Å². The second-order valence-electron chi connectivity index (χ2n) is 6.80. The molecule has 162 valence electrons. The minimum atomic E-state index is -0.455. The summed E-state index contributed by atoms with van der Waals surface area (Å²) in [6, 6.07) is 13.9. The van der Waals surface area contributed by atoms with Crippen LogP contribution in [0.5, 0.6) is 5.75 Å². The number of methoxy groups -OCH3 is 1. The van der Waals surface area contributed by atoms with Crippen LogP contribution in [-0.2, 0) is 20.7 Å². The second-order valence-corrected chi connectivity index (χ2v) is 6.80. The van der Waals surface area contributed by atoms with Crippen molar-refractivity contribution in [2.45, 2.75) is 12.8 Å². The Labute approximate surface area is 180 Å². The maximum Gasteiger partial charge on any atom is 0.335 e. The van der Waals surface area contributed by atoms with E-state index < -0.39 is 10.9 Å². The van der Waals surface area contributed by atoms with Gasteiger partial charge in [-0.2, -0.15) is 0 Å². The molecular weight excluding hydrogens is 400 g/mol. The van der Waals surface area contributed by atoms with Crippen LogP contribution >= 0.6 is 0 Å². The van der Waals surface area contributed by atoms with Gasteiger partial charge in [-0.3, -0.25) is 10.1 Å². The fourth-order valence-corrected chi connectivity index (χ4v) is 2.98. The zero-order chi connectivity index (χ0) is 22.1. The number of carbonyl (C=O) groups excluding carboxylic acids is 1. The van der Waals surface area contributed by atoms with E-state index in [4.69, 9.17) is 14.2 Å². The average Bonchev–Trinajstić information content (AvgIpc) is 2.81. The summed E-state index contributed by atoms with van der Waals surface area (Å²) in [6.45, 7) is 1.02. The number of esters is 1. The van der Waals surface area contributed by atoms with Crippen molar-refractivity contribution < 1.29 is 23.9 Å². The Morgan fingerprint density at radius 2 is 1.94 bits per heavy atom. The third-order valence-electron chi connectivity index (χ3n) is 4.60. The Hall–Kier alpha value is -3.65. The number of non-ortho nitro benzene ring substituents is 1. The molecule has 1 aliphatic rings. The molecule has 0 N–H and O–H groups in total. The quantitative estimate of drug-likeness (QED) is 0.246. The molecular formula is C23H24N2O6. The first kappa shape index (κ1) is 22.0. The molecule has 2 aromatic rings. The third kappa shape index (κ3) is 6.42. The number of hydrogen-bond donors (Lipinski definition) is 0. The molecule has 0 radical (unpaired) electrons.